The molecule has 0 unspecified atom stereocenters. The zero-order chi connectivity index (χ0) is 28.5. The number of hydrogen-bond donors (Lipinski definition) is 2. The summed E-state index contributed by atoms with van der Waals surface area (Å²) in [4.78, 5) is 20.1. The number of phenols is 2. The summed E-state index contributed by atoms with van der Waals surface area (Å²) in [5.41, 5.74) is 2.98. The van der Waals surface area contributed by atoms with Gasteiger partial charge in [0.15, 0.2) is 0 Å². The largest absolute Gasteiger partial charge is 0.507 e. The Morgan fingerprint density at radius 3 is 2.15 bits per heavy atom. The Morgan fingerprint density at radius 1 is 0.795 bits per heavy atom. The molecule has 0 aromatic heterocycles. The average Bonchev–Trinajstić information content (AvgIpc) is 2.86. The highest BCUT2D eigenvalue weighted by molar-refractivity contribution is 6.03. The van der Waals surface area contributed by atoms with Gasteiger partial charge in [-0.05, 0) is 45.4 Å². The molecular formula is C32H33N3O4. The number of aromatic hydroxyl groups is 2. The number of rotatable bonds is 5. The van der Waals surface area contributed by atoms with Crippen molar-refractivity contribution in [1.29, 1.82) is 0 Å². The van der Waals surface area contributed by atoms with Crippen LogP contribution in [0.1, 0.15) is 63.8 Å². The molecule has 4 rings (SSSR count). The fraction of sp³-hybridized carbons (Fsp3) is 0.250. The number of nitrogens with zero attached hydrogens (tertiary/aromatic N) is 3. The molecule has 4 aromatic carbocycles. The highest BCUT2D eigenvalue weighted by atomic mass is 16.6. The van der Waals surface area contributed by atoms with Gasteiger partial charge in [0.2, 0.25) is 0 Å². The average molecular weight is 524 g/mol. The van der Waals surface area contributed by atoms with E-state index in [4.69, 9.17) is 0 Å². The minimum absolute atomic E-state index is 0.0477. The molecule has 0 aliphatic rings. The summed E-state index contributed by atoms with van der Waals surface area (Å²) < 4.78 is 0. The van der Waals surface area contributed by atoms with E-state index in [1.54, 1.807) is 12.3 Å². The Morgan fingerprint density at radius 2 is 1.49 bits per heavy atom. The van der Waals surface area contributed by atoms with Crippen molar-refractivity contribution in [2.45, 2.75) is 52.4 Å². The van der Waals surface area contributed by atoms with Crippen LogP contribution in [0.25, 0.3) is 10.8 Å². The maximum atomic E-state index is 11.5. The molecule has 0 heterocycles. The number of nitro benzene ring substituents is 1. The lowest BCUT2D eigenvalue weighted by atomic mass is 9.79. The first-order valence-corrected chi connectivity index (χ1v) is 12.7. The minimum Gasteiger partial charge on any atom is -0.507 e. The van der Waals surface area contributed by atoms with Crippen LogP contribution in [0.15, 0.2) is 76.7 Å². The van der Waals surface area contributed by atoms with Crippen molar-refractivity contribution in [3.63, 3.8) is 0 Å². The second-order valence-electron chi connectivity index (χ2n) is 11.6. The number of phenolic OH excluding ortho intramolecular Hbond substituents is 2. The number of fused-ring (bicyclic) bond motifs is 1. The molecule has 0 saturated carbocycles. The third-order valence-electron chi connectivity index (χ3n) is 6.61. The maximum absolute atomic E-state index is 11.5. The van der Waals surface area contributed by atoms with Crippen LogP contribution in [0.5, 0.6) is 11.5 Å². The summed E-state index contributed by atoms with van der Waals surface area (Å²) in [5.74, 6) is 0.193. The lowest BCUT2D eigenvalue weighted by Gasteiger charge is -2.27. The molecule has 0 bridgehead atoms. The summed E-state index contributed by atoms with van der Waals surface area (Å²) in [6, 6.07) is 19.2. The summed E-state index contributed by atoms with van der Waals surface area (Å²) >= 11 is 0. The van der Waals surface area contributed by atoms with E-state index in [1.165, 1.54) is 24.4 Å². The number of benzene rings is 4. The summed E-state index contributed by atoms with van der Waals surface area (Å²) in [5, 5.41) is 34.9. The predicted octanol–water partition coefficient (Wildman–Crippen LogP) is 8.26. The summed E-state index contributed by atoms with van der Waals surface area (Å²) in [7, 11) is 0. The van der Waals surface area contributed by atoms with Gasteiger partial charge in [0.25, 0.3) is 5.69 Å². The molecule has 0 aliphatic heterocycles. The molecule has 0 spiro atoms. The molecule has 4 aromatic rings. The first-order valence-electron chi connectivity index (χ1n) is 12.7. The smallest absolute Gasteiger partial charge is 0.271 e. The zero-order valence-corrected chi connectivity index (χ0v) is 23.1. The molecule has 7 nitrogen and oxygen atoms in total. The van der Waals surface area contributed by atoms with E-state index in [9.17, 15) is 20.3 Å². The second kappa shape index (κ2) is 10.3. The lowest BCUT2D eigenvalue weighted by Crippen LogP contribution is -2.17. The molecule has 200 valence electrons. The quantitative estimate of drug-likeness (QED) is 0.156. The Kier molecular flexibility index (Phi) is 7.29. The van der Waals surface area contributed by atoms with E-state index in [0.29, 0.717) is 16.8 Å². The highest BCUT2D eigenvalue weighted by Crippen LogP contribution is 2.38. The third kappa shape index (κ3) is 5.98. The van der Waals surface area contributed by atoms with Crippen molar-refractivity contribution in [1.82, 2.24) is 0 Å². The fourth-order valence-electron chi connectivity index (χ4n) is 4.29. The van der Waals surface area contributed by atoms with Crippen molar-refractivity contribution < 1.29 is 15.1 Å². The van der Waals surface area contributed by atoms with Gasteiger partial charge in [0.1, 0.15) is 11.5 Å². The molecule has 2 N–H and O–H groups in total. The molecule has 0 fully saturated rings. The van der Waals surface area contributed by atoms with E-state index >= 15 is 0 Å². The van der Waals surface area contributed by atoms with Crippen molar-refractivity contribution in [3.05, 3.63) is 99.1 Å². The molecule has 0 aliphatic carbocycles. The van der Waals surface area contributed by atoms with Gasteiger partial charge < -0.3 is 10.2 Å². The van der Waals surface area contributed by atoms with E-state index in [2.05, 4.69) is 30.8 Å². The van der Waals surface area contributed by atoms with Gasteiger partial charge in [-0.15, -0.1) is 0 Å². The molecule has 39 heavy (non-hydrogen) atoms. The summed E-state index contributed by atoms with van der Waals surface area (Å²) in [6.45, 7) is 12.5. The van der Waals surface area contributed by atoms with Crippen LogP contribution in [0, 0.1) is 10.1 Å². The molecule has 0 radical (unpaired) electrons. The molecular weight excluding hydrogens is 490 g/mol. The van der Waals surface area contributed by atoms with E-state index in [0.717, 1.165) is 21.9 Å². The topological polar surface area (TPSA) is 108 Å². The van der Waals surface area contributed by atoms with Crippen molar-refractivity contribution in [3.8, 4) is 11.5 Å². The first kappa shape index (κ1) is 27.5. The van der Waals surface area contributed by atoms with Crippen molar-refractivity contribution >= 4 is 40.3 Å². The van der Waals surface area contributed by atoms with Gasteiger partial charge in [-0.1, -0.05) is 77.9 Å². The Balaban J connectivity index is 1.83. The van der Waals surface area contributed by atoms with E-state index in [-0.39, 0.29) is 33.7 Å². The first-order chi connectivity index (χ1) is 18.3. The Labute approximate surface area is 228 Å². The molecule has 0 amide bonds. The summed E-state index contributed by atoms with van der Waals surface area (Å²) in [6.07, 6.45) is 3.06. The standard InChI is InChI=1S/C32H33N3O4/c1-31(2,3)22-15-21(30(37)26(16-22)32(4,5)6)18-33-27-13-12-23(35(38)39)17-28(27)34-19-25-24-10-8-7-9-20(24)11-14-29(25)36/h7-19,36-37H,1-6H3. The highest BCUT2D eigenvalue weighted by Gasteiger charge is 2.24. The van der Waals surface area contributed by atoms with Crippen LogP contribution >= 0.6 is 0 Å². The minimum atomic E-state index is -0.490. The predicted molar refractivity (Wildman–Crippen MR) is 159 cm³/mol. The third-order valence-corrected chi connectivity index (χ3v) is 6.61. The van der Waals surface area contributed by atoms with E-state index in [1.807, 2.05) is 63.2 Å². The monoisotopic (exact) mass is 523 g/mol. The number of aliphatic imine (C=N–C) groups is 2. The number of non-ortho nitro benzene ring substituents is 1. The van der Waals surface area contributed by atoms with E-state index < -0.39 is 4.92 Å². The van der Waals surface area contributed by atoms with Gasteiger partial charge in [-0.3, -0.25) is 20.1 Å². The Hall–Kier alpha value is -4.52. The van der Waals surface area contributed by atoms with Crippen LogP contribution in [0.4, 0.5) is 17.1 Å². The van der Waals surface area contributed by atoms with Gasteiger partial charge in [0, 0.05) is 41.3 Å². The second-order valence-corrected chi connectivity index (χ2v) is 11.6. The van der Waals surface area contributed by atoms with Gasteiger partial charge in [-0.25, -0.2) is 0 Å². The lowest BCUT2D eigenvalue weighted by molar-refractivity contribution is -0.384. The fourth-order valence-corrected chi connectivity index (χ4v) is 4.29. The maximum Gasteiger partial charge on any atom is 0.271 e. The molecule has 0 saturated heterocycles. The van der Waals surface area contributed by atoms with Crippen LogP contribution in [-0.2, 0) is 10.8 Å². The Bertz CT molecular complexity index is 1620. The van der Waals surface area contributed by atoms with Gasteiger partial charge in [-0.2, -0.15) is 0 Å². The van der Waals surface area contributed by atoms with Crippen LogP contribution in [0.2, 0.25) is 0 Å². The number of nitro groups is 1. The van der Waals surface area contributed by atoms with Crippen LogP contribution in [0.3, 0.4) is 0 Å². The normalized spacial score (nSPS) is 12.6. The SMILES string of the molecule is CC(C)(C)c1cc(C=Nc2ccc([N+](=O)[O-])cc2N=Cc2c(O)ccc3ccccc23)c(O)c(C(C)(C)C)c1. The number of hydrogen-bond acceptors (Lipinski definition) is 6. The van der Waals surface area contributed by atoms with Crippen LogP contribution in [-0.4, -0.2) is 27.6 Å². The van der Waals surface area contributed by atoms with Crippen molar-refractivity contribution in [2.75, 3.05) is 0 Å². The zero-order valence-electron chi connectivity index (χ0n) is 23.1. The molecule has 7 heteroatoms. The van der Waals surface area contributed by atoms with Crippen molar-refractivity contribution in [2.24, 2.45) is 9.98 Å². The van der Waals surface area contributed by atoms with Gasteiger partial charge in [0.05, 0.1) is 16.3 Å². The van der Waals surface area contributed by atoms with Crippen LogP contribution < -0.4 is 0 Å². The molecule has 0 atom stereocenters. The van der Waals surface area contributed by atoms with Gasteiger partial charge >= 0.3 is 0 Å².